The van der Waals surface area contributed by atoms with Gasteiger partial charge in [-0.3, -0.25) is 0 Å². The van der Waals surface area contributed by atoms with E-state index in [1.165, 1.54) is 58.6 Å². The number of benzene rings is 1. The summed E-state index contributed by atoms with van der Waals surface area (Å²) in [6.45, 7) is 13.9. The van der Waals surface area contributed by atoms with E-state index in [-0.39, 0.29) is 5.41 Å². The number of rotatable bonds is 5. The fourth-order valence-electron chi connectivity index (χ4n) is 6.51. The van der Waals surface area contributed by atoms with E-state index >= 15 is 0 Å². The van der Waals surface area contributed by atoms with E-state index in [1.807, 2.05) is 9.85 Å². The first-order chi connectivity index (χ1) is 15.7. The molecule has 33 heavy (non-hydrogen) atoms. The van der Waals surface area contributed by atoms with Crippen LogP contribution < -0.4 is 0 Å². The predicted octanol–water partition coefficient (Wildman–Crippen LogP) is 7.84. The first kappa shape index (κ1) is 25.3. The second kappa shape index (κ2) is 9.68. The zero-order chi connectivity index (χ0) is 24.1. The molecule has 0 radical (unpaired) electrons. The maximum absolute atomic E-state index is 7.03. The van der Waals surface area contributed by atoms with Crippen LogP contribution in [0.1, 0.15) is 59.9 Å². The van der Waals surface area contributed by atoms with Crippen molar-refractivity contribution in [1.29, 1.82) is 0 Å². The molecule has 0 amide bonds. The summed E-state index contributed by atoms with van der Waals surface area (Å²) in [6, 6.07) is 11.1. The quantitative estimate of drug-likeness (QED) is 0.283. The summed E-state index contributed by atoms with van der Waals surface area (Å²) in [5, 5.41) is 1.38. The van der Waals surface area contributed by atoms with Crippen molar-refractivity contribution >= 4 is 32.2 Å². The summed E-state index contributed by atoms with van der Waals surface area (Å²) >= 11 is -3.00. The molecular weight excluding hydrogens is 626 g/mol. The molecule has 0 saturated carbocycles. The Kier molecular flexibility index (Phi) is 7.42. The van der Waals surface area contributed by atoms with Crippen molar-refractivity contribution in [2.75, 3.05) is 0 Å². The van der Waals surface area contributed by atoms with Gasteiger partial charge in [-0.1, -0.05) is 0 Å². The third kappa shape index (κ3) is 3.66. The van der Waals surface area contributed by atoms with Crippen molar-refractivity contribution in [3.8, 4) is 0 Å². The summed E-state index contributed by atoms with van der Waals surface area (Å²) in [5.41, 5.74) is 12.4. The van der Waals surface area contributed by atoms with Crippen LogP contribution in [-0.4, -0.2) is 15.0 Å². The minimum atomic E-state index is -3.00. The Bertz CT molecular complexity index is 1210. The van der Waals surface area contributed by atoms with Gasteiger partial charge < -0.3 is 0 Å². The van der Waals surface area contributed by atoms with Gasteiger partial charge in [-0.25, -0.2) is 0 Å². The Hall–Kier alpha value is -0.803. The molecule has 4 rings (SSSR count). The van der Waals surface area contributed by atoms with Crippen molar-refractivity contribution in [3.63, 3.8) is 0 Å². The van der Waals surface area contributed by atoms with Crippen LogP contribution in [0, 0.1) is 5.92 Å². The summed E-state index contributed by atoms with van der Waals surface area (Å²) < 4.78 is 1.32. The molecule has 0 heterocycles. The monoisotopic (exact) mass is 659 g/mol. The molecule has 0 saturated heterocycles. The Labute approximate surface area is 217 Å². The van der Waals surface area contributed by atoms with E-state index in [0.29, 0.717) is 5.92 Å². The van der Waals surface area contributed by atoms with Gasteiger partial charge in [0.05, 0.1) is 0 Å². The Balaban J connectivity index is 2.22. The molecule has 1 aromatic carbocycles. The zero-order valence-electron chi connectivity index (χ0n) is 20.6. The molecule has 0 aromatic heterocycles. The van der Waals surface area contributed by atoms with Crippen LogP contribution in [0.4, 0.5) is 0 Å². The van der Waals surface area contributed by atoms with E-state index in [1.54, 1.807) is 0 Å². The van der Waals surface area contributed by atoms with Crippen LogP contribution in [0.2, 0.25) is 0 Å². The first-order valence-corrected chi connectivity index (χ1v) is 23.3. The average molecular weight is 659 g/mol. The third-order valence-corrected chi connectivity index (χ3v) is 15.2. The summed E-state index contributed by atoms with van der Waals surface area (Å²) in [5.74, 6) is 0.368. The van der Waals surface area contributed by atoms with E-state index in [0.717, 1.165) is 12.8 Å². The zero-order valence-corrected chi connectivity index (χ0v) is 27.1. The molecule has 171 valence electrons. The topological polar surface area (TPSA) is 0 Å². The molecule has 3 aliphatic rings. The van der Waals surface area contributed by atoms with Crippen molar-refractivity contribution in [2.24, 2.45) is 5.92 Å². The van der Waals surface area contributed by atoms with Gasteiger partial charge in [-0.15, -0.1) is 0 Å². The predicted molar refractivity (Wildman–Crippen MR) is 145 cm³/mol. The molecule has 0 bridgehead atoms. The number of hydrogen-bond acceptors (Lipinski definition) is 0. The summed E-state index contributed by atoms with van der Waals surface area (Å²) in [4.78, 5) is 0. The Morgan fingerprint density at radius 3 is 2.15 bits per heavy atom. The van der Waals surface area contributed by atoms with Crippen LogP contribution in [-0.2, 0) is 24.5 Å². The molecule has 0 N–H and O–H groups in total. The molecule has 4 heteroatoms. The van der Waals surface area contributed by atoms with Gasteiger partial charge in [0, 0.05) is 0 Å². The van der Waals surface area contributed by atoms with Crippen LogP contribution in [0.5, 0.6) is 0 Å². The van der Waals surface area contributed by atoms with Crippen LogP contribution in [0.3, 0.4) is 0 Å². The molecule has 0 aliphatic heterocycles. The Morgan fingerprint density at radius 1 is 0.970 bits per heavy atom. The molecular formula is C29H33Cl2HfSi. The number of halogens is 2. The van der Waals surface area contributed by atoms with Gasteiger partial charge >= 0.3 is 219 Å². The van der Waals surface area contributed by atoms with Crippen LogP contribution >= 0.6 is 17.2 Å². The third-order valence-electron chi connectivity index (χ3n) is 8.02. The van der Waals surface area contributed by atoms with Crippen LogP contribution in [0.25, 0.3) is 0 Å². The molecule has 3 aliphatic carbocycles. The van der Waals surface area contributed by atoms with Crippen molar-refractivity contribution in [2.45, 2.75) is 59.8 Å². The van der Waals surface area contributed by atoms with Crippen molar-refractivity contribution in [1.82, 2.24) is 0 Å². The molecule has 1 aromatic rings. The Morgan fingerprint density at radius 2 is 1.61 bits per heavy atom. The molecule has 0 nitrogen and oxygen atoms in total. The standard InChI is InChI=1S/C29H33Si.2ClH.Hf/c1-7-22-17-26-25(20(22)5)15-12-16-27(30)29(26,23-13-10-9-11-14-23)28-19(4)18(3)24(8-2)21(28)6;;;/h9-16,19H,7-8,30H2,1-6H3;2*1H;/q;;;+2/p-2. The minimum absolute atomic E-state index is 0.354. The SMILES string of the molecule is CCC1=C(C)C2=CC=CC(=[SiH2])C(C3=C(C)C(CC)=C(C)C3C)(c3ccccc3)C2=[C]1[Hf]([Cl])[Cl]. The molecule has 0 fully saturated rings. The van der Waals surface area contributed by atoms with Crippen LogP contribution in [0.15, 0.2) is 96.5 Å². The van der Waals surface area contributed by atoms with E-state index in [2.05, 4.69) is 90.1 Å². The van der Waals surface area contributed by atoms with Gasteiger partial charge in [0.2, 0.25) is 0 Å². The normalized spacial score (nSPS) is 25.3. The molecule has 0 spiro atoms. The van der Waals surface area contributed by atoms with Gasteiger partial charge in [-0.05, 0) is 0 Å². The fourth-order valence-corrected chi connectivity index (χ4v) is 14.6. The molecule has 2 unspecified atom stereocenters. The average Bonchev–Trinajstić information content (AvgIpc) is 3.13. The van der Waals surface area contributed by atoms with Gasteiger partial charge in [0.25, 0.3) is 0 Å². The van der Waals surface area contributed by atoms with E-state index in [9.17, 15) is 0 Å². The van der Waals surface area contributed by atoms with Gasteiger partial charge in [-0.2, -0.15) is 0 Å². The van der Waals surface area contributed by atoms with Crippen molar-refractivity contribution in [3.05, 3.63) is 102 Å². The number of fused-ring (bicyclic) bond motifs is 1. The second-order valence-corrected chi connectivity index (χ2v) is 21.5. The summed E-state index contributed by atoms with van der Waals surface area (Å²) in [6.07, 6.45) is 8.92. The maximum atomic E-state index is 7.03. The van der Waals surface area contributed by atoms with E-state index < -0.39 is 19.1 Å². The van der Waals surface area contributed by atoms with Gasteiger partial charge in [0.15, 0.2) is 0 Å². The number of allylic oxidation sites excluding steroid dienone is 12. The first-order valence-electron chi connectivity index (χ1n) is 11.9. The van der Waals surface area contributed by atoms with Gasteiger partial charge in [0.1, 0.15) is 0 Å². The van der Waals surface area contributed by atoms with E-state index in [4.69, 9.17) is 17.2 Å². The molecule has 2 atom stereocenters. The fraction of sp³-hybridized carbons (Fsp3) is 0.345. The number of hydrogen-bond donors (Lipinski definition) is 0. The summed E-state index contributed by atoms with van der Waals surface area (Å²) in [7, 11) is 16.1. The second-order valence-electron chi connectivity index (χ2n) is 9.32. The van der Waals surface area contributed by atoms with Crippen molar-refractivity contribution < 1.29 is 19.1 Å².